The molecule has 0 atom stereocenters. The molecule has 120 valence electrons. The van der Waals surface area contributed by atoms with Gasteiger partial charge in [0, 0.05) is 13.1 Å². The van der Waals surface area contributed by atoms with Crippen molar-refractivity contribution in [3.8, 4) is 0 Å². The minimum atomic E-state index is -1.02. The number of aliphatic carboxylic acids is 1. The molecule has 0 aliphatic heterocycles. The van der Waals surface area contributed by atoms with Crippen molar-refractivity contribution in [3.63, 3.8) is 0 Å². The Morgan fingerprint density at radius 1 is 1.19 bits per heavy atom. The molecular weight excluding hydrogens is 274 g/mol. The number of ether oxygens (including phenoxy) is 2. The molecule has 21 heavy (non-hydrogen) atoms. The molecule has 6 heteroatoms. The van der Waals surface area contributed by atoms with Crippen molar-refractivity contribution in [2.75, 3.05) is 7.05 Å². The minimum absolute atomic E-state index is 0.0175. The Hall–Kier alpha value is -1.72. The van der Waals surface area contributed by atoms with Gasteiger partial charge < -0.3 is 19.5 Å². The van der Waals surface area contributed by atoms with Gasteiger partial charge in [0.25, 0.3) is 0 Å². The molecule has 1 rings (SSSR count). The number of carboxylic acid groups (broad SMARTS) is 1. The number of carboxylic acids is 1. The molecule has 0 aromatic heterocycles. The van der Waals surface area contributed by atoms with Gasteiger partial charge in [-0.2, -0.15) is 0 Å². The van der Waals surface area contributed by atoms with Gasteiger partial charge in [0.15, 0.2) is 0 Å². The average Bonchev–Trinajstić information content (AvgIpc) is 2.36. The van der Waals surface area contributed by atoms with Gasteiger partial charge in [-0.1, -0.05) is 0 Å². The molecule has 0 saturated heterocycles. The summed E-state index contributed by atoms with van der Waals surface area (Å²) in [7, 11) is 1.75. The zero-order valence-electron chi connectivity index (χ0n) is 13.2. The molecule has 1 aliphatic rings. The quantitative estimate of drug-likeness (QED) is 0.638. The van der Waals surface area contributed by atoms with Crippen LogP contribution < -0.4 is 0 Å². The number of nitrogens with zero attached hydrogens (tertiary/aromatic N) is 1. The maximum atomic E-state index is 12.0. The monoisotopic (exact) mass is 299 g/mol. The van der Waals surface area contributed by atoms with Crippen molar-refractivity contribution in [2.45, 2.75) is 64.2 Å². The van der Waals surface area contributed by atoms with Crippen molar-refractivity contribution >= 4 is 12.1 Å². The molecule has 1 aliphatic carbocycles. The first-order valence-corrected chi connectivity index (χ1v) is 7.20. The minimum Gasteiger partial charge on any atom is -0.498 e. The predicted molar refractivity (Wildman–Crippen MR) is 77.9 cm³/mol. The highest BCUT2D eigenvalue weighted by molar-refractivity contribution is 5.79. The highest BCUT2D eigenvalue weighted by Gasteiger charge is 2.29. The Balaban J connectivity index is 2.38. The van der Waals surface area contributed by atoms with Crippen LogP contribution in [0.4, 0.5) is 4.79 Å². The number of hydrogen-bond acceptors (Lipinski definition) is 4. The SMILES string of the molecule is CN(C(=O)OC(C)(C)C)C1CCC(O/C=C/C(=O)O)CC1. The summed E-state index contributed by atoms with van der Waals surface area (Å²) in [5.41, 5.74) is -0.493. The number of carbonyl (C=O) groups is 2. The summed E-state index contributed by atoms with van der Waals surface area (Å²) in [5, 5.41) is 8.49. The second-order valence-electron chi connectivity index (χ2n) is 6.30. The summed E-state index contributed by atoms with van der Waals surface area (Å²) in [6, 6.07) is 0.142. The zero-order chi connectivity index (χ0) is 16.0. The lowest BCUT2D eigenvalue weighted by atomic mass is 9.92. The van der Waals surface area contributed by atoms with Crippen LogP contribution in [0.2, 0.25) is 0 Å². The first-order valence-electron chi connectivity index (χ1n) is 7.20. The normalized spacial score (nSPS) is 22.9. The lowest BCUT2D eigenvalue weighted by molar-refractivity contribution is -0.131. The first kappa shape index (κ1) is 17.3. The van der Waals surface area contributed by atoms with Crippen molar-refractivity contribution in [1.82, 2.24) is 4.90 Å². The van der Waals surface area contributed by atoms with Gasteiger partial charge in [-0.05, 0) is 46.5 Å². The van der Waals surface area contributed by atoms with E-state index >= 15 is 0 Å². The van der Waals surface area contributed by atoms with Crippen LogP contribution in [0, 0.1) is 0 Å². The Kier molecular flexibility index (Phi) is 6.05. The van der Waals surface area contributed by atoms with Crippen LogP contribution in [0.3, 0.4) is 0 Å². The second kappa shape index (κ2) is 7.33. The van der Waals surface area contributed by atoms with Crippen molar-refractivity contribution < 1.29 is 24.2 Å². The number of rotatable bonds is 4. The Morgan fingerprint density at radius 3 is 2.24 bits per heavy atom. The van der Waals surface area contributed by atoms with Crippen molar-refractivity contribution in [2.24, 2.45) is 0 Å². The highest BCUT2D eigenvalue weighted by atomic mass is 16.6. The van der Waals surface area contributed by atoms with Crippen LogP contribution in [-0.2, 0) is 14.3 Å². The van der Waals surface area contributed by atoms with Gasteiger partial charge in [-0.25, -0.2) is 9.59 Å². The summed E-state index contributed by atoms with van der Waals surface area (Å²) in [4.78, 5) is 24.0. The maximum Gasteiger partial charge on any atom is 0.410 e. The smallest absolute Gasteiger partial charge is 0.410 e. The van der Waals surface area contributed by atoms with Gasteiger partial charge in [0.05, 0.1) is 18.4 Å². The zero-order valence-corrected chi connectivity index (χ0v) is 13.2. The van der Waals surface area contributed by atoms with Gasteiger partial charge in [0.2, 0.25) is 0 Å². The van der Waals surface area contributed by atoms with E-state index < -0.39 is 11.6 Å². The average molecular weight is 299 g/mol. The van der Waals surface area contributed by atoms with E-state index in [1.807, 2.05) is 20.8 Å². The summed E-state index contributed by atoms with van der Waals surface area (Å²) < 4.78 is 10.7. The van der Waals surface area contributed by atoms with Crippen LogP contribution in [0.5, 0.6) is 0 Å². The van der Waals surface area contributed by atoms with E-state index in [9.17, 15) is 9.59 Å². The van der Waals surface area contributed by atoms with Crippen LogP contribution >= 0.6 is 0 Å². The van der Waals surface area contributed by atoms with E-state index in [0.717, 1.165) is 31.8 Å². The molecule has 0 unspecified atom stereocenters. The molecule has 0 aromatic rings. The third-order valence-corrected chi connectivity index (χ3v) is 3.35. The summed E-state index contributed by atoms with van der Waals surface area (Å²) in [6.45, 7) is 5.54. The molecule has 0 radical (unpaired) electrons. The van der Waals surface area contributed by atoms with Crippen LogP contribution in [-0.4, -0.2) is 46.9 Å². The number of amides is 1. The highest BCUT2D eigenvalue weighted by Crippen LogP contribution is 2.25. The summed E-state index contributed by atoms with van der Waals surface area (Å²) in [5.74, 6) is -1.02. The van der Waals surface area contributed by atoms with E-state index in [1.54, 1.807) is 11.9 Å². The van der Waals surface area contributed by atoms with Crippen molar-refractivity contribution in [1.29, 1.82) is 0 Å². The molecule has 0 spiro atoms. The molecular formula is C15H25NO5. The number of carbonyl (C=O) groups excluding carboxylic acids is 1. The second-order valence-corrected chi connectivity index (χ2v) is 6.30. The third kappa shape index (κ3) is 6.51. The van der Waals surface area contributed by atoms with E-state index in [1.165, 1.54) is 6.26 Å². The van der Waals surface area contributed by atoms with Crippen LogP contribution in [0.15, 0.2) is 12.3 Å². The van der Waals surface area contributed by atoms with Gasteiger partial charge in [0.1, 0.15) is 5.60 Å². The molecule has 1 saturated carbocycles. The van der Waals surface area contributed by atoms with Gasteiger partial charge in [-0.3, -0.25) is 0 Å². The first-order chi connectivity index (χ1) is 9.69. The van der Waals surface area contributed by atoms with E-state index in [-0.39, 0.29) is 18.2 Å². The Morgan fingerprint density at radius 2 is 1.76 bits per heavy atom. The lowest BCUT2D eigenvalue weighted by Gasteiger charge is -2.35. The lowest BCUT2D eigenvalue weighted by Crippen LogP contribution is -2.43. The maximum absolute atomic E-state index is 12.0. The largest absolute Gasteiger partial charge is 0.498 e. The van der Waals surface area contributed by atoms with Crippen LogP contribution in [0.25, 0.3) is 0 Å². The fourth-order valence-corrected chi connectivity index (χ4v) is 2.26. The van der Waals surface area contributed by atoms with E-state index in [2.05, 4.69) is 0 Å². The van der Waals surface area contributed by atoms with Gasteiger partial charge in [-0.15, -0.1) is 0 Å². The third-order valence-electron chi connectivity index (χ3n) is 3.35. The Bertz CT molecular complexity index is 391. The standard InChI is InChI=1S/C15H25NO5/c1-15(2,3)21-14(19)16(4)11-5-7-12(8-6-11)20-10-9-13(17)18/h9-12H,5-8H2,1-4H3,(H,17,18)/b10-9+. The van der Waals surface area contributed by atoms with E-state index in [4.69, 9.17) is 14.6 Å². The molecule has 1 fully saturated rings. The van der Waals surface area contributed by atoms with Crippen molar-refractivity contribution in [3.05, 3.63) is 12.3 Å². The summed E-state index contributed by atoms with van der Waals surface area (Å²) in [6.07, 6.45) is 5.15. The predicted octanol–water partition coefficient (Wildman–Crippen LogP) is 2.78. The fourth-order valence-electron chi connectivity index (χ4n) is 2.26. The molecule has 0 aromatic carbocycles. The molecule has 1 N–H and O–H groups in total. The van der Waals surface area contributed by atoms with E-state index in [0.29, 0.717) is 0 Å². The summed E-state index contributed by atoms with van der Waals surface area (Å²) >= 11 is 0. The topological polar surface area (TPSA) is 76.1 Å². The molecule has 1 amide bonds. The molecule has 0 bridgehead atoms. The number of hydrogen-bond donors (Lipinski definition) is 1. The fraction of sp³-hybridized carbons (Fsp3) is 0.733. The van der Waals surface area contributed by atoms with Gasteiger partial charge >= 0.3 is 12.1 Å². The molecule has 6 nitrogen and oxygen atoms in total. The van der Waals surface area contributed by atoms with Crippen LogP contribution in [0.1, 0.15) is 46.5 Å². The molecule has 0 heterocycles. The Labute approximate surface area is 125 Å².